The zero-order valence-electron chi connectivity index (χ0n) is 23.1. The Morgan fingerprint density at radius 2 is 1.62 bits per heavy atom. The minimum Gasteiger partial charge on any atom is -0.456 e. The first-order chi connectivity index (χ1) is 17.5. The number of carbonyl (C=O) groups excluding carboxylic acids is 2. The van der Waals surface area contributed by atoms with Gasteiger partial charge >= 0.3 is 5.97 Å². The second kappa shape index (κ2) is 12.6. The monoisotopic (exact) mass is 524 g/mol. The van der Waals surface area contributed by atoms with E-state index in [1.165, 1.54) is 22.9 Å². The number of benzene rings is 2. The van der Waals surface area contributed by atoms with Crippen LogP contribution in [-0.2, 0) is 9.53 Å². The van der Waals surface area contributed by atoms with E-state index in [9.17, 15) is 9.59 Å². The molecule has 0 unspecified atom stereocenters. The Kier molecular flexibility index (Phi) is 9.82. The lowest BCUT2D eigenvalue weighted by Crippen LogP contribution is -2.23. The lowest BCUT2D eigenvalue weighted by Gasteiger charge is -2.20. The highest BCUT2D eigenvalue weighted by Crippen LogP contribution is 2.33. The summed E-state index contributed by atoms with van der Waals surface area (Å²) in [6, 6.07) is 11.6. The lowest BCUT2D eigenvalue weighted by atomic mass is 9.92. The summed E-state index contributed by atoms with van der Waals surface area (Å²) in [5, 5.41) is 3.73. The standard InChI is InChI=1S/C30H40N2O4S/c1-19(2)21-13-11-14-22(20(3)4)26(21)32-25(33)17-9-8-10-18-37-29-31-24-16-12-15-23(27(24)35-29)28(34)36-30(5,6)7/h11-16,19-20H,8-10,17-18H2,1-7H3,(H,32,33). The number of hydrogen-bond donors (Lipinski definition) is 1. The molecule has 1 N–H and O–H groups in total. The molecule has 0 spiro atoms. The second-order valence-electron chi connectivity index (χ2n) is 11.0. The molecule has 6 nitrogen and oxygen atoms in total. The van der Waals surface area contributed by atoms with Crippen molar-refractivity contribution in [3.63, 3.8) is 0 Å². The molecular weight excluding hydrogens is 484 g/mol. The molecule has 1 amide bonds. The van der Waals surface area contributed by atoms with Crippen LogP contribution in [0.25, 0.3) is 11.1 Å². The number of ether oxygens (including phenoxy) is 1. The predicted molar refractivity (Wildman–Crippen MR) is 152 cm³/mol. The number of amides is 1. The van der Waals surface area contributed by atoms with Crippen molar-refractivity contribution in [3.05, 3.63) is 53.1 Å². The molecule has 1 aromatic heterocycles. The summed E-state index contributed by atoms with van der Waals surface area (Å²) in [7, 11) is 0. The molecule has 0 saturated heterocycles. The summed E-state index contributed by atoms with van der Waals surface area (Å²) in [6.07, 6.45) is 3.20. The topological polar surface area (TPSA) is 81.4 Å². The molecule has 0 atom stereocenters. The number of thioether (sulfide) groups is 1. The van der Waals surface area contributed by atoms with Crippen molar-refractivity contribution in [2.45, 2.75) is 96.8 Å². The van der Waals surface area contributed by atoms with E-state index in [2.05, 4.69) is 56.2 Å². The van der Waals surface area contributed by atoms with Crippen molar-refractivity contribution in [2.75, 3.05) is 11.1 Å². The number of esters is 1. The van der Waals surface area contributed by atoms with Crippen molar-refractivity contribution >= 4 is 40.4 Å². The number of aromatic nitrogens is 1. The van der Waals surface area contributed by atoms with Crippen LogP contribution in [0.15, 0.2) is 46.0 Å². The number of nitrogens with one attached hydrogen (secondary N) is 1. The third-order valence-corrected chi connectivity index (χ3v) is 6.84. The summed E-state index contributed by atoms with van der Waals surface area (Å²) < 4.78 is 11.4. The van der Waals surface area contributed by atoms with Gasteiger partial charge in [0.1, 0.15) is 16.7 Å². The number of anilines is 1. The highest BCUT2D eigenvalue weighted by Gasteiger charge is 2.22. The van der Waals surface area contributed by atoms with Gasteiger partial charge in [0.2, 0.25) is 5.91 Å². The fraction of sp³-hybridized carbons (Fsp3) is 0.500. The maximum Gasteiger partial charge on any atom is 0.342 e. The van der Waals surface area contributed by atoms with Gasteiger partial charge in [0.05, 0.1) is 0 Å². The number of hydrogen-bond acceptors (Lipinski definition) is 6. The molecule has 0 fully saturated rings. The van der Waals surface area contributed by atoms with E-state index in [4.69, 9.17) is 9.15 Å². The van der Waals surface area contributed by atoms with Crippen molar-refractivity contribution < 1.29 is 18.7 Å². The van der Waals surface area contributed by atoms with Crippen LogP contribution in [0, 0.1) is 0 Å². The Bertz CT molecular complexity index is 1200. The zero-order valence-corrected chi connectivity index (χ0v) is 24.0. The molecule has 37 heavy (non-hydrogen) atoms. The molecule has 0 aliphatic rings. The summed E-state index contributed by atoms with van der Waals surface area (Å²) in [4.78, 5) is 29.8. The van der Waals surface area contributed by atoms with Crippen LogP contribution in [0.1, 0.15) is 107 Å². The maximum absolute atomic E-state index is 12.7. The summed E-state index contributed by atoms with van der Waals surface area (Å²) in [5.74, 6) is 1.16. The van der Waals surface area contributed by atoms with E-state index in [0.717, 1.165) is 30.7 Å². The van der Waals surface area contributed by atoms with Gasteiger partial charge in [-0.25, -0.2) is 9.78 Å². The molecule has 3 aromatic rings. The quantitative estimate of drug-likeness (QED) is 0.154. The van der Waals surface area contributed by atoms with E-state index < -0.39 is 11.6 Å². The Morgan fingerprint density at radius 3 is 2.24 bits per heavy atom. The maximum atomic E-state index is 12.7. The van der Waals surface area contributed by atoms with Crippen molar-refractivity contribution in [1.29, 1.82) is 0 Å². The highest BCUT2D eigenvalue weighted by molar-refractivity contribution is 7.99. The molecule has 0 aliphatic carbocycles. The Balaban J connectivity index is 1.48. The third-order valence-electron chi connectivity index (χ3n) is 5.93. The second-order valence-corrected chi connectivity index (χ2v) is 12.0. The van der Waals surface area contributed by atoms with E-state index in [1.807, 2.05) is 26.8 Å². The van der Waals surface area contributed by atoms with Gasteiger partial charge in [-0.15, -0.1) is 0 Å². The zero-order chi connectivity index (χ0) is 27.2. The van der Waals surface area contributed by atoms with E-state index in [1.54, 1.807) is 12.1 Å². The van der Waals surface area contributed by atoms with Crippen LogP contribution < -0.4 is 5.32 Å². The molecule has 1 heterocycles. The van der Waals surface area contributed by atoms with Gasteiger partial charge in [-0.3, -0.25) is 4.79 Å². The number of rotatable bonds is 11. The van der Waals surface area contributed by atoms with Crippen molar-refractivity contribution in [2.24, 2.45) is 0 Å². The van der Waals surface area contributed by atoms with Gasteiger partial charge in [-0.1, -0.05) is 70.1 Å². The van der Waals surface area contributed by atoms with Crippen molar-refractivity contribution in [3.8, 4) is 0 Å². The molecule has 0 radical (unpaired) electrons. The van der Waals surface area contributed by atoms with Crippen LogP contribution in [-0.4, -0.2) is 28.2 Å². The Hall–Kier alpha value is -2.80. The normalized spacial score (nSPS) is 11.9. The third kappa shape index (κ3) is 8.09. The largest absolute Gasteiger partial charge is 0.456 e. The number of oxazole rings is 1. The minimum absolute atomic E-state index is 0.0660. The first-order valence-corrected chi connectivity index (χ1v) is 14.1. The van der Waals surface area contributed by atoms with Crippen LogP contribution in [0.2, 0.25) is 0 Å². The molecule has 0 aliphatic heterocycles. The molecule has 3 rings (SSSR count). The molecule has 7 heteroatoms. The van der Waals surface area contributed by atoms with E-state index in [-0.39, 0.29) is 5.91 Å². The molecular formula is C30H40N2O4S. The van der Waals surface area contributed by atoms with Gasteiger partial charge in [0.15, 0.2) is 5.58 Å². The van der Waals surface area contributed by atoms with E-state index >= 15 is 0 Å². The van der Waals surface area contributed by atoms with Crippen LogP contribution in [0.4, 0.5) is 5.69 Å². The predicted octanol–water partition coefficient (Wildman–Crippen LogP) is 8.32. The van der Waals surface area contributed by atoms with E-state index in [0.29, 0.717) is 40.1 Å². The van der Waals surface area contributed by atoms with Gasteiger partial charge in [-0.05, 0) is 68.7 Å². The van der Waals surface area contributed by atoms with Crippen LogP contribution in [0.3, 0.4) is 0 Å². The SMILES string of the molecule is CC(C)c1cccc(C(C)C)c1NC(=O)CCCCCSc1nc2cccc(C(=O)OC(C)(C)C)c2o1. The van der Waals surface area contributed by atoms with Gasteiger partial charge in [0, 0.05) is 17.9 Å². The molecule has 0 saturated carbocycles. The van der Waals surface area contributed by atoms with Gasteiger partial charge in [-0.2, -0.15) is 0 Å². The smallest absolute Gasteiger partial charge is 0.342 e. The average Bonchev–Trinajstić information content (AvgIpc) is 3.23. The molecule has 200 valence electrons. The number of fused-ring (bicyclic) bond motifs is 1. The average molecular weight is 525 g/mol. The summed E-state index contributed by atoms with van der Waals surface area (Å²) >= 11 is 1.52. The Morgan fingerprint density at radius 1 is 0.973 bits per heavy atom. The summed E-state index contributed by atoms with van der Waals surface area (Å²) in [6.45, 7) is 14.1. The fourth-order valence-corrected chi connectivity index (χ4v) is 4.93. The number of nitrogens with zero attached hydrogens (tertiary/aromatic N) is 1. The van der Waals surface area contributed by atoms with Crippen molar-refractivity contribution in [1.82, 2.24) is 4.98 Å². The van der Waals surface area contributed by atoms with Crippen LogP contribution >= 0.6 is 11.8 Å². The minimum atomic E-state index is -0.581. The number of unbranched alkanes of at least 4 members (excludes halogenated alkanes) is 2. The first-order valence-electron chi connectivity index (χ1n) is 13.1. The molecule has 2 aromatic carbocycles. The first kappa shape index (κ1) is 28.8. The number of para-hydroxylation sites is 2. The van der Waals surface area contributed by atoms with Crippen LogP contribution in [0.5, 0.6) is 0 Å². The Labute approximate surface area is 224 Å². The number of carbonyl (C=O) groups is 2. The highest BCUT2D eigenvalue weighted by atomic mass is 32.2. The lowest BCUT2D eigenvalue weighted by molar-refractivity contribution is -0.116. The van der Waals surface area contributed by atoms with Gasteiger partial charge < -0.3 is 14.5 Å². The molecule has 0 bridgehead atoms. The van der Waals surface area contributed by atoms with Gasteiger partial charge in [0.25, 0.3) is 5.22 Å². The summed E-state index contributed by atoms with van der Waals surface area (Å²) in [5.41, 5.74) is 4.26. The fourth-order valence-electron chi connectivity index (χ4n) is 4.11.